The molecule has 0 aromatic heterocycles. The molecule has 9 aliphatic rings. The van der Waals surface area contributed by atoms with Crippen LogP contribution in [-0.4, -0.2) is 17.4 Å². The Hall–Kier alpha value is -1.75. The van der Waals surface area contributed by atoms with Gasteiger partial charge in [-0.15, -0.1) is 0 Å². The zero-order valence-corrected chi connectivity index (χ0v) is 36.8. The maximum absolute atomic E-state index is 14.6. The molecule has 0 amide bonds. The summed E-state index contributed by atoms with van der Waals surface area (Å²) in [5, 5.41) is 1.99. The Balaban J connectivity index is 1.28. The maximum atomic E-state index is 14.6. The monoisotopic (exact) mass is 828 g/mol. The summed E-state index contributed by atoms with van der Waals surface area (Å²) < 4.78 is 94.2. The van der Waals surface area contributed by atoms with Crippen LogP contribution in [0.15, 0.2) is 36.4 Å². The second-order valence-corrected chi connectivity index (χ2v) is 25.3. The number of hydrogen-bond acceptors (Lipinski definition) is 1. The lowest BCUT2D eigenvalue weighted by atomic mass is 9.52. The summed E-state index contributed by atoms with van der Waals surface area (Å²) in [6.07, 6.45) is 7.17. The van der Waals surface area contributed by atoms with Crippen LogP contribution in [0.4, 0.5) is 26.3 Å². The van der Waals surface area contributed by atoms with E-state index in [2.05, 4.69) is 59.7 Å². The zero-order chi connectivity index (χ0) is 41.3. The molecule has 0 spiro atoms. The summed E-state index contributed by atoms with van der Waals surface area (Å²) >= 11 is 0. The zero-order valence-electron chi connectivity index (χ0n) is 35.9. The van der Waals surface area contributed by atoms with Gasteiger partial charge in [-0.05, 0) is 212 Å². The molecule has 0 heterocycles. The van der Waals surface area contributed by atoms with E-state index in [1.54, 1.807) is 0 Å². The molecule has 0 saturated heterocycles. The third-order valence-electron chi connectivity index (χ3n) is 17.6. The van der Waals surface area contributed by atoms with Crippen molar-refractivity contribution in [1.29, 1.82) is 0 Å². The van der Waals surface area contributed by atoms with E-state index in [9.17, 15) is 26.3 Å². The fourth-order valence-electron chi connectivity index (χ4n) is 16.6. The Kier molecular flexibility index (Phi) is 10.5. The second-order valence-electron chi connectivity index (χ2n) is 22.3. The Morgan fingerprint density at radius 3 is 1.34 bits per heavy atom. The van der Waals surface area contributed by atoms with E-state index in [1.165, 1.54) is 87.9 Å². The molecular weight excluding hydrogens is 762 g/mol. The fraction of sp³-hybridized carbons (Fsp3) is 0.760. The SMILES string of the molecule is COc1cccc(C2C(C(C)C)C[C@@H](C(C)C)C(c3cc(C(F)(F)F)cc(C(F)(F)F)c3)C2C(C)C)c1P(C12CC3CC(CC(C3)C1)C2)C12CC3CC(CC(C3)C1)C2. The highest BCUT2D eigenvalue weighted by molar-refractivity contribution is 7.69. The average molecular weight is 829 g/mol. The molecule has 8 heteroatoms. The van der Waals surface area contributed by atoms with Crippen LogP contribution in [0, 0.1) is 71.0 Å². The quantitative estimate of drug-likeness (QED) is 0.181. The minimum Gasteiger partial charge on any atom is -0.496 e. The van der Waals surface area contributed by atoms with Crippen LogP contribution in [0.5, 0.6) is 5.75 Å². The number of benzene rings is 2. The lowest BCUT2D eigenvalue weighted by Gasteiger charge is -2.68. The van der Waals surface area contributed by atoms with Crippen LogP contribution in [0.2, 0.25) is 0 Å². The number of halogens is 6. The standard InChI is InChI=1S/C50H67F6OP/c1-27(2)40-20-41(28(3)4)45(43(29(5)6)44(40)36-17-37(49(51,52)53)19-38(18-36)50(54,55)56)39-9-8-10-42(57-7)46(39)58(47-21-30-11-31(22-47)13-32(12-30)23-47)48-24-33-14-34(25-48)16-35(15-33)26-48/h8-10,17-19,27-35,40-41,43-45H,11-16,20-26H2,1-7H3/t30?,31?,32?,33?,34?,35?,40-,41?,43?,44?,45?,47?,48?,58?/m0/s1. The molecule has 5 atom stereocenters. The normalized spacial score (nSPS) is 40.0. The third kappa shape index (κ3) is 7.00. The topological polar surface area (TPSA) is 9.23 Å². The molecule has 58 heavy (non-hydrogen) atoms. The van der Waals surface area contributed by atoms with Gasteiger partial charge in [0.15, 0.2) is 0 Å². The van der Waals surface area contributed by atoms with E-state index in [0.717, 1.165) is 59.8 Å². The number of rotatable bonds is 9. The minimum atomic E-state index is -4.89. The Bertz CT molecular complexity index is 1690. The van der Waals surface area contributed by atoms with Crippen molar-refractivity contribution in [3.63, 3.8) is 0 Å². The van der Waals surface area contributed by atoms with E-state index >= 15 is 0 Å². The van der Waals surface area contributed by atoms with Crippen molar-refractivity contribution >= 4 is 13.2 Å². The van der Waals surface area contributed by atoms with E-state index < -0.39 is 37.3 Å². The van der Waals surface area contributed by atoms with Crippen LogP contribution in [0.1, 0.15) is 159 Å². The first-order valence-corrected chi connectivity index (χ1v) is 24.4. The molecule has 4 unspecified atom stereocenters. The Morgan fingerprint density at radius 1 is 0.569 bits per heavy atom. The van der Waals surface area contributed by atoms with E-state index in [0.29, 0.717) is 6.07 Å². The number of alkyl halides is 6. The molecule has 0 aliphatic heterocycles. The molecule has 9 saturated carbocycles. The minimum absolute atomic E-state index is 0.0195. The van der Waals surface area contributed by atoms with E-state index in [-0.39, 0.29) is 57.3 Å². The lowest BCUT2D eigenvalue weighted by molar-refractivity contribution is -0.143. The second kappa shape index (κ2) is 14.7. The van der Waals surface area contributed by atoms with Crippen molar-refractivity contribution < 1.29 is 31.1 Å². The predicted octanol–water partition coefficient (Wildman–Crippen LogP) is 14.9. The van der Waals surface area contributed by atoms with Gasteiger partial charge in [0.1, 0.15) is 5.75 Å². The summed E-state index contributed by atoms with van der Waals surface area (Å²) in [4.78, 5) is 0. The molecule has 9 fully saturated rings. The molecule has 0 N–H and O–H groups in total. The average Bonchev–Trinajstić information content (AvgIpc) is 3.11. The van der Waals surface area contributed by atoms with Crippen molar-refractivity contribution in [3.05, 3.63) is 58.7 Å². The van der Waals surface area contributed by atoms with Gasteiger partial charge < -0.3 is 4.74 Å². The van der Waals surface area contributed by atoms with Gasteiger partial charge in [0.25, 0.3) is 0 Å². The predicted molar refractivity (Wildman–Crippen MR) is 223 cm³/mol. The number of hydrogen-bond donors (Lipinski definition) is 0. The van der Waals surface area contributed by atoms with Gasteiger partial charge in [-0.2, -0.15) is 26.3 Å². The van der Waals surface area contributed by atoms with Crippen molar-refractivity contribution in [2.75, 3.05) is 7.11 Å². The van der Waals surface area contributed by atoms with Crippen LogP contribution in [-0.2, 0) is 12.4 Å². The summed E-state index contributed by atoms with van der Waals surface area (Å²) in [6.45, 7) is 13.2. The van der Waals surface area contributed by atoms with Crippen LogP contribution >= 0.6 is 7.92 Å². The molecule has 320 valence electrons. The van der Waals surface area contributed by atoms with Crippen molar-refractivity contribution in [2.24, 2.45) is 71.0 Å². The lowest BCUT2D eigenvalue weighted by Crippen LogP contribution is -2.58. The van der Waals surface area contributed by atoms with Crippen LogP contribution in [0.25, 0.3) is 0 Å². The molecule has 2 aromatic rings. The van der Waals surface area contributed by atoms with Gasteiger partial charge in [-0.3, -0.25) is 0 Å². The van der Waals surface area contributed by atoms with Gasteiger partial charge in [-0.1, -0.05) is 61.6 Å². The highest BCUT2D eigenvalue weighted by Gasteiger charge is 2.64. The number of methoxy groups -OCH3 is 1. The van der Waals surface area contributed by atoms with Gasteiger partial charge >= 0.3 is 12.4 Å². The van der Waals surface area contributed by atoms with E-state index in [1.807, 2.05) is 7.11 Å². The first kappa shape index (κ1) is 41.6. The third-order valence-corrected chi connectivity index (χ3v) is 21.5. The number of ether oxygens (including phenoxy) is 1. The molecule has 0 radical (unpaired) electrons. The Morgan fingerprint density at radius 2 is 0.983 bits per heavy atom. The first-order chi connectivity index (χ1) is 27.3. The summed E-state index contributed by atoms with van der Waals surface area (Å²) in [5.41, 5.74) is -0.844. The van der Waals surface area contributed by atoms with Gasteiger partial charge in [-0.25, -0.2) is 0 Å². The van der Waals surface area contributed by atoms with Crippen molar-refractivity contribution in [1.82, 2.24) is 0 Å². The van der Waals surface area contributed by atoms with Crippen molar-refractivity contribution in [3.8, 4) is 5.75 Å². The van der Waals surface area contributed by atoms with Gasteiger partial charge in [0.2, 0.25) is 0 Å². The molecule has 9 aliphatic carbocycles. The maximum Gasteiger partial charge on any atom is 0.416 e. The van der Waals surface area contributed by atoms with Crippen LogP contribution in [0.3, 0.4) is 0 Å². The van der Waals surface area contributed by atoms with Crippen molar-refractivity contribution in [2.45, 2.75) is 160 Å². The fourth-order valence-corrected chi connectivity index (χ4v) is 22.0. The van der Waals surface area contributed by atoms with Gasteiger partial charge in [0, 0.05) is 5.30 Å². The summed E-state index contributed by atoms with van der Waals surface area (Å²) in [6, 6.07) is 9.24. The smallest absolute Gasteiger partial charge is 0.416 e. The van der Waals surface area contributed by atoms with Gasteiger partial charge in [0.05, 0.1) is 18.2 Å². The highest BCUT2D eigenvalue weighted by Crippen LogP contribution is 2.79. The molecule has 11 rings (SSSR count). The highest BCUT2D eigenvalue weighted by atomic mass is 31.1. The van der Waals surface area contributed by atoms with E-state index in [4.69, 9.17) is 4.74 Å². The molecular formula is C50H67F6OP. The molecule has 2 aromatic carbocycles. The Labute approximate surface area is 345 Å². The van der Waals surface area contributed by atoms with Crippen LogP contribution < -0.4 is 10.0 Å². The summed E-state index contributed by atoms with van der Waals surface area (Å²) in [7, 11) is 1.13. The molecule has 8 bridgehead atoms. The largest absolute Gasteiger partial charge is 0.496 e. The summed E-state index contributed by atoms with van der Waals surface area (Å²) in [5.74, 6) is 5.67. The molecule has 1 nitrogen and oxygen atoms in total. The first-order valence-electron chi connectivity index (χ1n) is 23.1.